The summed E-state index contributed by atoms with van der Waals surface area (Å²) in [4.78, 5) is 26.4. The van der Waals surface area contributed by atoms with Crippen LogP contribution in [0.5, 0.6) is 0 Å². The van der Waals surface area contributed by atoms with Crippen LogP contribution in [0.4, 0.5) is 0 Å². The Morgan fingerprint density at radius 2 is 2.16 bits per heavy atom. The van der Waals surface area contributed by atoms with Gasteiger partial charge in [0.1, 0.15) is 27.7 Å². The van der Waals surface area contributed by atoms with Crippen LogP contribution < -0.4 is 5.73 Å². The van der Waals surface area contributed by atoms with Crippen LogP contribution in [0.3, 0.4) is 0 Å². The minimum absolute atomic E-state index is 0.187. The summed E-state index contributed by atoms with van der Waals surface area (Å²) in [5.41, 5.74) is 6.46. The van der Waals surface area contributed by atoms with Crippen molar-refractivity contribution in [3.63, 3.8) is 0 Å². The third-order valence-electron chi connectivity index (χ3n) is 3.56. The van der Waals surface area contributed by atoms with Gasteiger partial charge in [0, 0.05) is 11.5 Å². The van der Waals surface area contributed by atoms with Crippen LogP contribution in [0.1, 0.15) is 25.8 Å². The number of ether oxygens (including phenoxy) is 1. The zero-order valence-corrected chi connectivity index (χ0v) is 16.9. The van der Waals surface area contributed by atoms with Crippen LogP contribution in [0.25, 0.3) is 0 Å². The molecule has 0 radical (unpaired) electrons. The first-order valence-corrected chi connectivity index (χ1v) is 10.6. The average Bonchev–Trinajstić information content (AvgIpc) is 2.95. The van der Waals surface area contributed by atoms with E-state index in [-0.39, 0.29) is 11.3 Å². The molecule has 7 nitrogen and oxygen atoms in total. The van der Waals surface area contributed by atoms with Crippen LogP contribution >= 0.6 is 34.9 Å². The maximum absolute atomic E-state index is 12.7. The van der Waals surface area contributed by atoms with E-state index < -0.39 is 17.6 Å². The fourth-order valence-corrected chi connectivity index (χ4v) is 5.74. The third kappa shape index (κ3) is 3.86. The number of aryl methyl sites for hydroxylation is 1. The smallest absolute Gasteiger partial charge is 0.355 e. The van der Waals surface area contributed by atoms with Crippen LogP contribution in [0.15, 0.2) is 15.6 Å². The van der Waals surface area contributed by atoms with Crippen molar-refractivity contribution in [1.29, 1.82) is 0 Å². The molecule has 0 aliphatic carbocycles. The van der Waals surface area contributed by atoms with Crippen LogP contribution in [0.2, 0.25) is 0 Å². The van der Waals surface area contributed by atoms with Gasteiger partial charge in [0.05, 0.1) is 0 Å². The van der Waals surface area contributed by atoms with Gasteiger partial charge in [-0.1, -0.05) is 23.1 Å². The van der Waals surface area contributed by atoms with Crippen molar-refractivity contribution >= 4 is 46.7 Å². The summed E-state index contributed by atoms with van der Waals surface area (Å²) in [6.07, 6.45) is 0. The second kappa shape index (κ2) is 6.90. The predicted molar refractivity (Wildman–Crippen MR) is 99.3 cm³/mol. The highest BCUT2D eigenvalue weighted by Crippen LogP contribution is 2.41. The average molecular weight is 401 g/mol. The maximum atomic E-state index is 12.7. The first kappa shape index (κ1) is 18.7. The fraction of sp³-hybridized carbons (Fsp3) is 0.600. The SMILES string of the molecule is Cc1nnc(SCC2=C(C(=O)OC(C)(C)C)N3C(=O)C(N)[C@@H]3SC2)s1. The minimum Gasteiger partial charge on any atom is -0.455 e. The number of hydrogen-bond acceptors (Lipinski definition) is 9. The summed E-state index contributed by atoms with van der Waals surface area (Å²) in [5, 5.41) is 8.79. The van der Waals surface area contributed by atoms with Crippen molar-refractivity contribution in [2.75, 3.05) is 11.5 Å². The molecule has 1 unspecified atom stereocenters. The molecule has 1 saturated heterocycles. The van der Waals surface area contributed by atoms with Gasteiger partial charge in [0.15, 0.2) is 4.34 Å². The zero-order valence-electron chi connectivity index (χ0n) is 14.4. The fourth-order valence-electron chi connectivity index (χ4n) is 2.49. The number of fused-ring (bicyclic) bond motifs is 1. The molecule has 0 bridgehead atoms. The van der Waals surface area contributed by atoms with E-state index in [1.54, 1.807) is 11.8 Å². The molecule has 136 valence electrons. The summed E-state index contributed by atoms with van der Waals surface area (Å²) in [6.45, 7) is 7.32. The van der Waals surface area contributed by atoms with E-state index in [0.717, 1.165) is 14.9 Å². The van der Waals surface area contributed by atoms with Gasteiger partial charge in [0.25, 0.3) is 0 Å². The van der Waals surface area contributed by atoms with E-state index in [9.17, 15) is 9.59 Å². The molecule has 0 saturated carbocycles. The number of rotatable bonds is 4. The Hall–Kier alpha value is -1.10. The number of esters is 1. The quantitative estimate of drug-likeness (QED) is 0.464. The normalized spacial score (nSPS) is 23.4. The molecule has 1 fully saturated rings. The second-order valence-corrected chi connectivity index (χ2v) is 10.3. The van der Waals surface area contributed by atoms with Gasteiger partial charge in [-0.2, -0.15) is 0 Å². The van der Waals surface area contributed by atoms with E-state index in [0.29, 0.717) is 17.2 Å². The molecular formula is C15H20N4O3S3. The Balaban J connectivity index is 1.85. The summed E-state index contributed by atoms with van der Waals surface area (Å²) < 4.78 is 6.36. The summed E-state index contributed by atoms with van der Waals surface area (Å²) in [7, 11) is 0. The molecule has 2 aliphatic heterocycles. The molecule has 25 heavy (non-hydrogen) atoms. The molecule has 0 aromatic carbocycles. The largest absolute Gasteiger partial charge is 0.455 e. The lowest BCUT2D eigenvalue weighted by molar-refractivity contribution is -0.157. The second-order valence-electron chi connectivity index (χ2n) is 6.77. The number of aromatic nitrogens is 2. The van der Waals surface area contributed by atoms with Gasteiger partial charge < -0.3 is 10.5 Å². The minimum atomic E-state index is -0.630. The molecule has 1 aromatic rings. The van der Waals surface area contributed by atoms with Crippen molar-refractivity contribution in [3.8, 4) is 0 Å². The number of hydrogen-bond donors (Lipinski definition) is 1. The Morgan fingerprint density at radius 1 is 1.44 bits per heavy atom. The van der Waals surface area contributed by atoms with E-state index in [4.69, 9.17) is 10.5 Å². The molecule has 2 aliphatic rings. The summed E-state index contributed by atoms with van der Waals surface area (Å²) in [6, 6.07) is -0.553. The van der Waals surface area contributed by atoms with Crippen LogP contribution in [-0.4, -0.2) is 55.5 Å². The summed E-state index contributed by atoms with van der Waals surface area (Å²) >= 11 is 4.60. The molecule has 2 N–H and O–H groups in total. The van der Waals surface area contributed by atoms with Gasteiger partial charge >= 0.3 is 5.97 Å². The highest BCUT2D eigenvalue weighted by Gasteiger charge is 2.52. The lowest BCUT2D eigenvalue weighted by atomic mass is 10.0. The molecule has 3 rings (SSSR count). The van der Waals surface area contributed by atoms with Gasteiger partial charge in [0.2, 0.25) is 5.91 Å². The van der Waals surface area contributed by atoms with Gasteiger partial charge in [-0.25, -0.2) is 4.79 Å². The third-order valence-corrected chi connectivity index (χ3v) is 6.98. The van der Waals surface area contributed by atoms with Crippen molar-refractivity contribution in [3.05, 3.63) is 16.3 Å². The number of β-lactam (4-membered cyclic amide) rings is 1. The topological polar surface area (TPSA) is 98.4 Å². The highest BCUT2D eigenvalue weighted by molar-refractivity contribution is 8.01. The Morgan fingerprint density at radius 3 is 2.76 bits per heavy atom. The number of carbonyl (C=O) groups excluding carboxylic acids is 2. The number of carbonyl (C=O) groups is 2. The Kier molecular flexibility index (Phi) is 5.16. The Labute approximate surface area is 158 Å². The van der Waals surface area contributed by atoms with E-state index in [2.05, 4.69) is 10.2 Å². The van der Waals surface area contributed by atoms with E-state index in [1.807, 2.05) is 27.7 Å². The molecule has 10 heteroatoms. The molecule has 3 heterocycles. The lowest BCUT2D eigenvalue weighted by Gasteiger charge is -2.48. The summed E-state index contributed by atoms with van der Waals surface area (Å²) in [5.74, 6) is 0.498. The predicted octanol–water partition coefficient (Wildman–Crippen LogP) is 1.78. The number of nitrogens with zero attached hydrogens (tertiary/aromatic N) is 3. The monoisotopic (exact) mass is 400 g/mol. The zero-order chi connectivity index (χ0) is 18.4. The van der Waals surface area contributed by atoms with Crippen molar-refractivity contribution in [2.45, 2.75) is 49.1 Å². The number of thioether (sulfide) groups is 2. The van der Waals surface area contributed by atoms with Crippen LogP contribution in [0, 0.1) is 6.92 Å². The molecular weight excluding hydrogens is 380 g/mol. The first-order chi connectivity index (χ1) is 11.7. The van der Waals surface area contributed by atoms with Gasteiger partial charge in [-0.15, -0.1) is 22.0 Å². The van der Waals surface area contributed by atoms with Gasteiger partial charge in [-0.05, 0) is 33.3 Å². The number of amides is 1. The molecule has 1 aromatic heterocycles. The standard InChI is InChI=1S/C15H20N4O3S3/c1-7-17-18-14(25-7)24-6-8-5-23-12-9(16)11(20)19(12)10(8)13(21)22-15(2,3)4/h9,12H,5-6,16H2,1-4H3/t9?,12-/m0/s1. The Bertz CT molecular complexity index is 741. The number of nitrogens with two attached hydrogens (primary N) is 1. The van der Waals surface area contributed by atoms with E-state index in [1.165, 1.54) is 28.0 Å². The maximum Gasteiger partial charge on any atom is 0.355 e. The van der Waals surface area contributed by atoms with Crippen molar-refractivity contribution in [1.82, 2.24) is 15.1 Å². The van der Waals surface area contributed by atoms with E-state index >= 15 is 0 Å². The van der Waals surface area contributed by atoms with Gasteiger partial charge in [-0.3, -0.25) is 9.69 Å². The highest BCUT2D eigenvalue weighted by atomic mass is 32.2. The van der Waals surface area contributed by atoms with Crippen molar-refractivity contribution < 1.29 is 14.3 Å². The first-order valence-electron chi connectivity index (χ1n) is 7.76. The molecule has 1 amide bonds. The molecule has 0 spiro atoms. The lowest BCUT2D eigenvalue weighted by Crippen LogP contribution is -2.68. The van der Waals surface area contributed by atoms with Crippen LogP contribution in [-0.2, 0) is 14.3 Å². The van der Waals surface area contributed by atoms with Crippen molar-refractivity contribution in [2.24, 2.45) is 5.73 Å². The molecule has 2 atom stereocenters.